The molecule has 1 unspecified atom stereocenters. The predicted octanol–water partition coefficient (Wildman–Crippen LogP) is 4.13. The van der Waals surface area contributed by atoms with Crippen molar-refractivity contribution in [2.24, 2.45) is 0 Å². The molecule has 2 nitrogen and oxygen atoms in total. The van der Waals surface area contributed by atoms with Crippen LogP contribution < -0.4 is 5.32 Å². The van der Waals surface area contributed by atoms with Gasteiger partial charge in [-0.15, -0.1) is 11.6 Å². The first-order chi connectivity index (χ1) is 8.34. The molecule has 0 heterocycles. The van der Waals surface area contributed by atoms with Crippen LogP contribution in [0.1, 0.15) is 5.56 Å². The van der Waals surface area contributed by atoms with Crippen molar-refractivity contribution in [2.45, 2.75) is 11.6 Å². The Hall–Kier alpha value is -0.460. The van der Waals surface area contributed by atoms with Gasteiger partial charge in [0.2, 0.25) is 0 Å². The summed E-state index contributed by atoms with van der Waals surface area (Å²) in [5, 5.41) is 2.70. The van der Waals surface area contributed by atoms with E-state index in [-0.39, 0.29) is 5.38 Å². The number of benzene rings is 1. The molecule has 1 atom stereocenters. The molecule has 0 amide bonds. The van der Waals surface area contributed by atoms with Gasteiger partial charge in [0.15, 0.2) is 0 Å². The van der Waals surface area contributed by atoms with E-state index in [2.05, 4.69) is 21.2 Å². The fourth-order valence-corrected chi connectivity index (χ4v) is 2.02. The van der Waals surface area contributed by atoms with Gasteiger partial charge >= 0.3 is 6.18 Å². The first-order valence-electron chi connectivity index (χ1n) is 5.08. The molecule has 1 N–H and O–H groups in total. The molecule has 7 heteroatoms. The molecule has 0 saturated carbocycles. The van der Waals surface area contributed by atoms with Gasteiger partial charge in [0.25, 0.3) is 0 Å². The third-order valence-electron chi connectivity index (χ3n) is 2.16. The number of halogens is 5. The van der Waals surface area contributed by atoms with Gasteiger partial charge in [0.05, 0.1) is 17.5 Å². The average Bonchev–Trinajstić information content (AvgIpc) is 2.26. The summed E-state index contributed by atoms with van der Waals surface area (Å²) in [6.45, 7) is 0.770. The Morgan fingerprint density at radius 1 is 1.44 bits per heavy atom. The summed E-state index contributed by atoms with van der Waals surface area (Å²) >= 11 is 9.00. The van der Waals surface area contributed by atoms with Crippen molar-refractivity contribution in [3.05, 3.63) is 28.2 Å². The van der Waals surface area contributed by atoms with E-state index in [1.165, 1.54) is 13.2 Å². The quantitative estimate of drug-likeness (QED) is 0.809. The van der Waals surface area contributed by atoms with Crippen molar-refractivity contribution in [3.8, 4) is 0 Å². The topological polar surface area (TPSA) is 21.3 Å². The maximum atomic E-state index is 12.4. The first-order valence-corrected chi connectivity index (χ1v) is 6.31. The van der Waals surface area contributed by atoms with Crippen molar-refractivity contribution in [1.29, 1.82) is 0 Å². The maximum Gasteiger partial charge on any atom is 0.416 e. The van der Waals surface area contributed by atoms with Gasteiger partial charge in [-0.25, -0.2) is 0 Å². The van der Waals surface area contributed by atoms with Crippen molar-refractivity contribution in [1.82, 2.24) is 0 Å². The zero-order valence-corrected chi connectivity index (χ0v) is 11.9. The monoisotopic (exact) mass is 345 g/mol. The van der Waals surface area contributed by atoms with Crippen LogP contribution in [0.3, 0.4) is 0 Å². The summed E-state index contributed by atoms with van der Waals surface area (Å²) < 4.78 is 42.5. The predicted molar refractivity (Wildman–Crippen MR) is 69.2 cm³/mol. The molecular formula is C11H12BrClF3NO. The van der Waals surface area contributed by atoms with Crippen LogP contribution in [0.2, 0.25) is 0 Å². The van der Waals surface area contributed by atoms with Crippen LogP contribution in [0.4, 0.5) is 18.9 Å². The zero-order valence-electron chi connectivity index (χ0n) is 9.52. The zero-order chi connectivity index (χ0) is 13.8. The summed E-state index contributed by atoms with van der Waals surface area (Å²) in [4.78, 5) is 0. The Kier molecular flexibility index (Phi) is 5.75. The standard InChI is InChI=1S/C11H12BrClF3NO/c1-18-6-8(13)5-17-10-3-2-7(4-9(10)12)11(14,15)16/h2-4,8,17H,5-6H2,1H3. The second kappa shape index (κ2) is 6.63. The van der Waals surface area contributed by atoms with E-state index >= 15 is 0 Å². The lowest BCUT2D eigenvalue weighted by atomic mass is 10.2. The van der Waals surface area contributed by atoms with Crippen molar-refractivity contribution in [2.75, 3.05) is 25.6 Å². The third-order valence-corrected chi connectivity index (χ3v) is 3.09. The van der Waals surface area contributed by atoms with Gasteiger partial charge < -0.3 is 10.1 Å². The second-order valence-corrected chi connectivity index (χ2v) is 5.10. The van der Waals surface area contributed by atoms with E-state index in [1.807, 2.05) is 0 Å². The van der Waals surface area contributed by atoms with E-state index in [4.69, 9.17) is 16.3 Å². The largest absolute Gasteiger partial charge is 0.416 e. The highest BCUT2D eigenvalue weighted by Crippen LogP contribution is 2.33. The summed E-state index contributed by atoms with van der Waals surface area (Å²) in [5.74, 6) is 0. The summed E-state index contributed by atoms with van der Waals surface area (Å²) in [7, 11) is 1.53. The molecule has 0 aromatic heterocycles. The van der Waals surface area contributed by atoms with Gasteiger partial charge in [-0.05, 0) is 34.1 Å². The molecule has 0 spiro atoms. The van der Waals surface area contributed by atoms with Crippen LogP contribution in [-0.4, -0.2) is 25.6 Å². The Morgan fingerprint density at radius 3 is 2.61 bits per heavy atom. The summed E-state index contributed by atoms with van der Waals surface area (Å²) in [5.41, 5.74) is -0.135. The minimum atomic E-state index is -4.34. The molecule has 0 radical (unpaired) electrons. The molecule has 1 aromatic carbocycles. The van der Waals surface area contributed by atoms with Crippen LogP contribution in [-0.2, 0) is 10.9 Å². The number of methoxy groups -OCH3 is 1. The highest BCUT2D eigenvalue weighted by molar-refractivity contribution is 9.10. The van der Waals surface area contributed by atoms with Crippen molar-refractivity contribution in [3.63, 3.8) is 0 Å². The van der Waals surface area contributed by atoms with Gasteiger partial charge in [-0.1, -0.05) is 0 Å². The Labute approximate surface area is 117 Å². The minimum Gasteiger partial charge on any atom is -0.383 e. The van der Waals surface area contributed by atoms with Gasteiger partial charge in [-0.2, -0.15) is 13.2 Å². The van der Waals surface area contributed by atoms with E-state index in [9.17, 15) is 13.2 Å². The highest BCUT2D eigenvalue weighted by Gasteiger charge is 2.30. The number of hydrogen-bond acceptors (Lipinski definition) is 2. The summed E-state index contributed by atoms with van der Waals surface area (Å²) in [6, 6.07) is 3.41. The minimum absolute atomic E-state index is 0.246. The molecule has 0 fully saturated rings. The third kappa shape index (κ3) is 4.66. The van der Waals surface area contributed by atoms with Gasteiger partial charge in [0.1, 0.15) is 0 Å². The molecule has 0 saturated heterocycles. The van der Waals surface area contributed by atoms with Gasteiger partial charge in [-0.3, -0.25) is 0 Å². The van der Waals surface area contributed by atoms with Crippen LogP contribution in [0.25, 0.3) is 0 Å². The maximum absolute atomic E-state index is 12.4. The van der Waals surface area contributed by atoms with E-state index in [0.717, 1.165) is 12.1 Å². The Bertz CT molecular complexity index is 400. The normalized spacial score (nSPS) is 13.4. The Balaban J connectivity index is 2.69. The van der Waals surface area contributed by atoms with Crippen LogP contribution in [0.15, 0.2) is 22.7 Å². The SMILES string of the molecule is COCC(Cl)CNc1ccc(C(F)(F)F)cc1Br. The number of anilines is 1. The number of ether oxygens (including phenoxy) is 1. The number of hydrogen-bond donors (Lipinski definition) is 1. The van der Waals surface area contributed by atoms with Crippen LogP contribution in [0, 0.1) is 0 Å². The molecule has 0 bridgehead atoms. The van der Waals surface area contributed by atoms with Crippen molar-refractivity contribution < 1.29 is 17.9 Å². The smallest absolute Gasteiger partial charge is 0.383 e. The molecule has 1 rings (SSSR count). The molecular weight excluding hydrogens is 334 g/mol. The first kappa shape index (κ1) is 15.6. The second-order valence-electron chi connectivity index (χ2n) is 3.63. The molecule has 1 aromatic rings. The number of nitrogens with one attached hydrogen (secondary N) is 1. The lowest BCUT2D eigenvalue weighted by molar-refractivity contribution is -0.137. The summed E-state index contributed by atoms with van der Waals surface area (Å²) in [6.07, 6.45) is -4.34. The van der Waals surface area contributed by atoms with Crippen LogP contribution >= 0.6 is 27.5 Å². The van der Waals surface area contributed by atoms with Crippen LogP contribution in [0.5, 0.6) is 0 Å². The molecule has 0 aliphatic carbocycles. The molecule has 0 aliphatic rings. The molecule has 0 aliphatic heterocycles. The average molecular weight is 347 g/mol. The van der Waals surface area contributed by atoms with E-state index in [1.54, 1.807) is 0 Å². The van der Waals surface area contributed by atoms with E-state index in [0.29, 0.717) is 23.3 Å². The van der Waals surface area contributed by atoms with Gasteiger partial charge in [0, 0.05) is 23.8 Å². The fourth-order valence-electron chi connectivity index (χ4n) is 1.30. The number of rotatable bonds is 5. The molecule has 102 valence electrons. The molecule has 18 heavy (non-hydrogen) atoms. The Morgan fingerprint density at radius 2 is 2.11 bits per heavy atom. The highest BCUT2D eigenvalue weighted by atomic mass is 79.9. The lowest BCUT2D eigenvalue weighted by Crippen LogP contribution is -2.19. The lowest BCUT2D eigenvalue weighted by Gasteiger charge is -2.14. The number of alkyl halides is 4. The van der Waals surface area contributed by atoms with Crippen molar-refractivity contribution >= 4 is 33.2 Å². The van der Waals surface area contributed by atoms with E-state index < -0.39 is 11.7 Å². The fraction of sp³-hybridized carbons (Fsp3) is 0.455.